The number of halogens is 1. The van der Waals surface area contributed by atoms with Crippen LogP contribution in [-0.2, 0) is 17.9 Å². The molecule has 0 unspecified atom stereocenters. The van der Waals surface area contributed by atoms with Crippen LogP contribution in [0.4, 0.5) is 9.52 Å². The van der Waals surface area contributed by atoms with E-state index in [0.29, 0.717) is 18.2 Å². The number of thioether (sulfide) groups is 1. The molecule has 0 aliphatic rings. The Morgan fingerprint density at radius 3 is 2.73 bits per heavy atom. The Hall–Kier alpha value is -2.56. The molecule has 154 valence electrons. The first kappa shape index (κ1) is 20.7. The van der Waals surface area contributed by atoms with E-state index >= 15 is 0 Å². The van der Waals surface area contributed by atoms with Crippen LogP contribution in [0, 0.1) is 5.82 Å². The Balaban J connectivity index is 1.25. The lowest BCUT2D eigenvalue weighted by Crippen LogP contribution is -2.27. The average Bonchev–Trinajstić information content (AvgIpc) is 3.37. The van der Waals surface area contributed by atoms with E-state index in [-0.39, 0.29) is 17.5 Å². The number of hydrogen-bond donors (Lipinski definition) is 1. The van der Waals surface area contributed by atoms with Crippen molar-refractivity contribution >= 4 is 55.7 Å². The topological polar surface area (TPSA) is 71.0 Å². The number of fused-ring (bicyclic) bond motifs is 1. The van der Waals surface area contributed by atoms with Crippen LogP contribution in [0.3, 0.4) is 0 Å². The number of nitrogens with one attached hydrogen (secondary N) is 1. The highest BCUT2D eigenvalue weighted by Crippen LogP contribution is 2.27. The van der Waals surface area contributed by atoms with Gasteiger partial charge in [-0.2, -0.15) is 0 Å². The van der Waals surface area contributed by atoms with E-state index in [9.17, 15) is 9.18 Å². The van der Waals surface area contributed by atoms with Gasteiger partial charge in [-0.15, -0.1) is 21.5 Å². The fourth-order valence-electron chi connectivity index (χ4n) is 2.63. The first-order valence-corrected chi connectivity index (χ1v) is 11.7. The highest BCUT2D eigenvalue weighted by atomic mass is 32.2. The molecule has 2 aromatic heterocycles. The maximum absolute atomic E-state index is 13.0. The Labute approximate surface area is 185 Å². The van der Waals surface area contributed by atoms with Gasteiger partial charge in [-0.3, -0.25) is 4.79 Å². The number of carbonyl (C=O) groups is 1. The first-order chi connectivity index (χ1) is 14.6. The third kappa shape index (κ3) is 5.32. The minimum Gasteiger partial charge on any atom is -0.356 e. The van der Waals surface area contributed by atoms with Crippen molar-refractivity contribution < 1.29 is 9.18 Å². The van der Waals surface area contributed by atoms with E-state index in [2.05, 4.69) is 20.5 Å². The highest BCUT2D eigenvalue weighted by Gasteiger charge is 2.14. The number of para-hydroxylation sites is 1. The van der Waals surface area contributed by atoms with E-state index in [1.807, 2.05) is 24.3 Å². The van der Waals surface area contributed by atoms with Crippen LogP contribution in [0.5, 0.6) is 0 Å². The number of thiazole rings is 1. The number of hydrogen-bond acceptors (Lipinski definition) is 8. The van der Waals surface area contributed by atoms with Crippen molar-refractivity contribution in [1.82, 2.24) is 20.1 Å². The molecule has 0 bridgehead atoms. The molecular formula is C20H18FN5OS3. The summed E-state index contributed by atoms with van der Waals surface area (Å²) in [6, 6.07) is 14.2. The molecule has 1 amide bonds. The minimum absolute atomic E-state index is 0.00952. The number of benzene rings is 2. The van der Waals surface area contributed by atoms with Crippen molar-refractivity contribution in [3.8, 4) is 0 Å². The number of rotatable bonds is 8. The maximum atomic E-state index is 13.0. The number of anilines is 1. The quantitative estimate of drug-likeness (QED) is 0.387. The van der Waals surface area contributed by atoms with Crippen molar-refractivity contribution in [2.45, 2.75) is 17.4 Å². The van der Waals surface area contributed by atoms with Gasteiger partial charge in [-0.25, -0.2) is 9.37 Å². The van der Waals surface area contributed by atoms with E-state index < -0.39 is 0 Å². The van der Waals surface area contributed by atoms with Gasteiger partial charge in [0.25, 0.3) is 0 Å². The molecule has 0 saturated carbocycles. The maximum Gasteiger partial charge on any atom is 0.233 e. The van der Waals surface area contributed by atoms with Gasteiger partial charge in [0, 0.05) is 13.6 Å². The molecule has 4 rings (SSSR count). The van der Waals surface area contributed by atoms with Gasteiger partial charge in [-0.1, -0.05) is 47.4 Å². The highest BCUT2D eigenvalue weighted by molar-refractivity contribution is 8.01. The third-order valence-corrected chi connectivity index (χ3v) is 7.24. The van der Waals surface area contributed by atoms with Crippen molar-refractivity contribution in [3.63, 3.8) is 0 Å². The minimum atomic E-state index is -0.258. The number of nitrogens with zero attached hydrogens (tertiary/aromatic N) is 4. The zero-order valence-electron chi connectivity index (χ0n) is 16.0. The average molecular weight is 460 g/mol. The molecule has 0 aliphatic heterocycles. The second kappa shape index (κ2) is 9.50. The molecule has 0 atom stereocenters. The summed E-state index contributed by atoms with van der Waals surface area (Å²) in [7, 11) is 1.78. The summed E-state index contributed by atoms with van der Waals surface area (Å²) in [6.45, 7) is 1.02. The lowest BCUT2D eigenvalue weighted by atomic mass is 10.2. The second-order valence-electron chi connectivity index (χ2n) is 6.47. The molecule has 4 aromatic rings. The van der Waals surface area contributed by atoms with E-state index in [1.54, 1.807) is 35.4 Å². The van der Waals surface area contributed by atoms with Gasteiger partial charge in [0.15, 0.2) is 4.34 Å². The predicted molar refractivity (Wildman–Crippen MR) is 120 cm³/mol. The first-order valence-electron chi connectivity index (χ1n) is 9.10. The molecule has 0 spiro atoms. The zero-order chi connectivity index (χ0) is 20.9. The molecule has 0 aliphatic carbocycles. The predicted octanol–water partition coefficient (Wildman–Crippen LogP) is 4.65. The third-order valence-electron chi connectivity index (χ3n) is 4.22. The number of aromatic nitrogens is 3. The number of carbonyl (C=O) groups excluding carboxylic acids is 1. The molecule has 2 aromatic carbocycles. The summed E-state index contributed by atoms with van der Waals surface area (Å²) in [5.74, 6) is 0.0370. The van der Waals surface area contributed by atoms with Crippen molar-refractivity contribution in [2.24, 2.45) is 0 Å². The van der Waals surface area contributed by atoms with Crippen LogP contribution in [0.25, 0.3) is 10.2 Å². The Morgan fingerprint density at radius 2 is 1.93 bits per heavy atom. The normalized spacial score (nSPS) is 11.0. The van der Waals surface area contributed by atoms with Gasteiger partial charge >= 0.3 is 0 Å². The van der Waals surface area contributed by atoms with E-state index in [4.69, 9.17) is 0 Å². The zero-order valence-corrected chi connectivity index (χ0v) is 18.5. The second-order valence-corrected chi connectivity index (χ2v) is 9.78. The monoisotopic (exact) mass is 459 g/mol. The van der Waals surface area contributed by atoms with Gasteiger partial charge in [0.05, 0.1) is 22.5 Å². The van der Waals surface area contributed by atoms with E-state index in [0.717, 1.165) is 25.1 Å². The lowest BCUT2D eigenvalue weighted by Gasteiger charge is -2.14. The SMILES string of the molecule is CN(Cc1nc2ccccc2s1)C(=O)CSc1nnc(NCc2ccc(F)cc2)s1. The van der Waals surface area contributed by atoms with Crippen LogP contribution >= 0.6 is 34.4 Å². The molecule has 30 heavy (non-hydrogen) atoms. The van der Waals surface area contributed by atoms with Gasteiger partial charge < -0.3 is 10.2 Å². The van der Waals surface area contributed by atoms with Crippen LogP contribution in [0.1, 0.15) is 10.6 Å². The van der Waals surface area contributed by atoms with Crippen LogP contribution in [0.15, 0.2) is 52.9 Å². The molecule has 0 radical (unpaired) electrons. The molecule has 10 heteroatoms. The summed E-state index contributed by atoms with van der Waals surface area (Å²) in [5.41, 5.74) is 1.91. The summed E-state index contributed by atoms with van der Waals surface area (Å²) < 4.78 is 14.8. The van der Waals surface area contributed by atoms with Gasteiger partial charge in [-0.05, 0) is 29.8 Å². The lowest BCUT2D eigenvalue weighted by molar-refractivity contribution is -0.127. The van der Waals surface area contributed by atoms with Crippen LogP contribution < -0.4 is 5.32 Å². The largest absolute Gasteiger partial charge is 0.356 e. The molecular weight excluding hydrogens is 441 g/mol. The van der Waals surface area contributed by atoms with Gasteiger partial charge in [0.2, 0.25) is 11.0 Å². The Kier molecular flexibility index (Phi) is 6.56. The van der Waals surface area contributed by atoms with Gasteiger partial charge in [0.1, 0.15) is 10.8 Å². The van der Waals surface area contributed by atoms with Crippen molar-refractivity contribution in [1.29, 1.82) is 0 Å². The van der Waals surface area contributed by atoms with Crippen molar-refractivity contribution in [3.05, 3.63) is 64.9 Å². The summed E-state index contributed by atoms with van der Waals surface area (Å²) in [4.78, 5) is 18.7. The van der Waals surface area contributed by atoms with Crippen molar-refractivity contribution in [2.75, 3.05) is 18.1 Å². The smallest absolute Gasteiger partial charge is 0.233 e. The summed E-state index contributed by atoms with van der Waals surface area (Å²) in [6.07, 6.45) is 0. The molecule has 0 fully saturated rings. The molecule has 1 N–H and O–H groups in total. The molecule has 6 nitrogen and oxygen atoms in total. The Bertz CT molecular complexity index is 1110. The molecule has 0 saturated heterocycles. The standard InChI is InChI=1S/C20H18FN5OS3/c1-26(11-17-23-15-4-2-3-5-16(15)29-17)18(27)12-28-20-25-24-19(30-20)22-10-13-6-8-14(21)9-7-13/h2-9H,10-12H2,1H3,(H,22,24). The fraction of sp³-hybridized carbons (Fsp3) is 0.200. The van der Waals surface area contributed by atoms with Crippen LogP contribution in [0.2, 0.25) is 0 Å². The summed E-state index contributed by atoms with van der Waals surface area (Å²) in [5, 5.41) is 13.0. The Morgan fingerprint density at radius 1 is 1.13 bits per heavy atom. The molecule has 2 heterocycles. The van der Waals surface area contributed by atoms with E-state index in [1.165, 1.54) is 35.2 Å². The number of amides is 1. The fourth-order valence-corrected chi connectivity index (χ4v) is 5.34. The van der Waals surface area contributed by atoms with Crippen LogP contribution in [-0.4, -0.2) is 38.8 Å². The summed E-state index contributed by atoms with van der Waals surface area (Å²) >= 11 is 4.36.